The molecule has 0 aromatic heterocycles. The first kappa shape index (κ1) is 31.7. The molecule has 0 heterocycles. The van der Waals surface area contributed by atoms with Crippen molar-refractivity contribution >= 4 is 27.5 Å². The van der Waals surface area contributed by atoms with E-state index in [2.05, 4.69) is 5.32 Å². The number of ether oxygens (including phenoxy) is 1. The van der Waals surface area contributed by atoms with Crippen molar-refractivity contribution in [2.75, 3.05) is 18.0 Å². The van der Waals surface area contributed by atoms with Gasteiger partial charge in [-0.05, 0) is 94.1 Å². The molecule has 1 N–H and O–H groups in total. The predicted molar refractivity (Wildman–Crippen MR) is 162 cm³/mol. The number of sulfonamides is 1. The van der Waals surface area contributed by atoms with Crippen molar-refractivity contribution in [1.82, 2.24) is 10.2 Å². The number of nitrogens with one attached hydrogen (secondary N) is 1. The van der Waals surface area contributed by atoms with Gasteiger partial charge in [-0.1, -0.05) is 43.3 Å². The Morgan fingerprint density at radius 3 is 2.10 bits per heavy atom. The highest BCUT2D eigenvalue weighted by Gasteiger charge is 2.34. The number of nitrogens with zero attached hydrogens (tertiary/aromatic N) is 2. The lowest BCUT2D eigenvalue weighted by Crippen LogP contribution is -2.55. The summed E-state index contributed by atoms with van der Waals surface area (Å²) in [5.41, 5.74) is 2.55. The number of carbonyl (C=O) groups excluding carboxylic acids is 2. The van der Waals surface area contributed by atoms with Gasteiger partial charge >= 0.3 is 0 Å². The zero-order chi connectivity index (χ0) is 30.4. The van der Waals surface area contributed by atoms with E-state index in [9.17, 15) is 18.0 Å². The summed E-state index contributed by atoms with van der Waals surface area (Å²) in [5.74, 6) is -0.126. The van der Waals surface area contributed by atoms with Crippen LogP contribution in [0.25, 0.3) is 0 Å². The van der Waals surface area contributed by atoms with E-state index in [0.717, 1.165) is 21.0 Å². The maximum Gasteiger partial charge on any atom is 0.264 e. The Morgan fingerprint density at radius 1 is 0.927 bits per heavy atom. The molecule has 9 heteroatoms. The molecule has 3 aromatic rings. The SMILES string of the molecule is CC[C@H](C(=O)NC(C)(C)C)N(Cc1ccc(OC)cc1)C(=O)CN(c1ccc(C)c(C)c1)S(=O)(=O)c1ccccc1. The first-order valence-electron chi connectivity index (χ1n) is 13.7. The van der Waals surface area contributed by atoms with Crippen LogP contribution in [-0.4, -0.2) is 50.4 Å². The molecule has 3 rings (SSSR count). The average Bonchev–Trinajstić information content (AvgIpc) is 2.92. The number of hydrogen-bond acceptors (Lipinski definition) is 5. The first-order valence-corrected chi connectivity index (χ1v) is 15.1. The molecule has 0 fully saturated rings. The lowest BCUT2D eigenvalue weighted by atomic mass is 10.1. The summed E-state index contributed by atoms with van der Waals surface area (Å²) in [6.07, 6.45) is 0.346. The maximum absolute atomic E-state index is 14.2. The summed E-state index contributed by atoms with van der Waals surface area (Å²) >= 11 is 0. The van der Waals surface area contributed by atoms with Crippen LogP contribution in [0, 0.1) is 13.8 Å². The fourth-order valence-electron chi connectivity index (χ4n) is 4.43. The molecule has 0 saturated heterocycles. The van der Waals surface area contributed by atoms with Crippen LogP contribution in [-0.2, 0) is 26.2 Å². The smallest absolute Gasteiger partial charge is 0.264 e. The van der Waals surface area contributed by atoms with Crippen LogP contribution >= 0.6 is 0 Å². The number of carbonyl (C=O) groups is 2. The molecule has 1 atom stereocenters. The minimum Gasteiger partial charge on any atom is -0.497 e. The number of rotatable bonds is 11. The second kappa shape index (κ2) is 13.2. The summed E-state index contributed by atoms with van der Waals surface area (Å²) < 4.78 is 34.3. The molecule has 0 radical (unpaired) electrons. The quantitative estimate of drug-likeness (QED) is 0.336. The van der Waals surface area contributed by atoms with Crippen molar-refractivity contribution in [1.29, 1.82) is 0 Å². The third kappa shape index (κ3) is 8.10. The zero-order valence-corrected chi connectivity index (χ0v) is 25.8. The minimum absolute atomic E-state index is 0.0743. The summed E-state index contributed by atoms with van der Waals surface area (Å²) in [7, 11) is -2.53. The highest BCUT2D eigenvalue weighted by atomic mass is 32.2. The van der Waals surface area contributed by atoms with E-state index >= 15 is 0 Å². The molecule has 0 saturated carbocycles. The van der Waals surface area contributed by atoms with Gasteiger partial charge in [0.2, 0.25) is 11.8 Å². The Morgan fingerprint density at radius 2 is 1.56 bits per heavy atom. The summed E-state index contributed by atoms with van der Waals surface area (Å²) in [4.78, 5) is 29.1. The van der Waals surface area contributed by atoms with Crippen molar-refractivity contribution < 1.29 is 22.7 Å². The van der Waals surface area contributed by atoms with Gasteiger partial charge in [0.1, 0.15) is 18.3 Å². The Hall–Kier alpha value is -3.85. The Kier molecular flexibility index (Phi) is 10.2. The van der Waals surface area contributed by atoms with Gasteiger partial charge in [-0.25, -0.2) is 8.42 Å². The van der Waals surface area contributed by atoms with Crippen molar-refractivity contribution in [2.45, 2.75) is 71.0 Å². The van der Waals surface area contributed by atoms with Crippen LogP contribution in [0.2, 0.25) is 0 Å². The van der Waals surface area contributed by atoms with E-state index in [1.807, 2.05) is 59.7 Å². The number of aryl methyl sites for hydroxylation is 2. The minimum atomic E-state index is -4.11. The number of methoxy groups -OCH3 is 1. The lowest BCUT2D eigenvalue weighted by molar-refractivity contribution is -0.141. The van der Waals surface area contributed by atoms with Gasteiger partial charge in [0, 0.05) is 12.1 Å². The first-order chi connectivity index (χ1) is 19.3. The van der Waals surface area contributed by atoms with Crippen molar-refractivity contribution in [2.24, 2.45) is 0 Å². The molecule has 0 spiro atoms. The van der Waals surface area contributed by atoms with Crippen molar-refractivity contribution in [3.05, 3.63) is 89.5 Å². The molecule has 0 unspecified atom stereocenters. The zero-order valence-electron chi connectivity index (χ0n) is 25.0. The van der Waals surface area contributed by atoms with E-state index in [1.54, 1.807) is 49.6 Å². The van der Waals surface area contributed by atoms with Crippen LogP contribution in [0.4, 0.5) is 5.69 Å². The normalized spacial score (nSPS) is 12.4. The average molecular weight is 580 g/mol. The van der Waals surface area contributed by atoms with Gasteiger partial charge < -0.3 is 15.0 Å². The maximum atomic E-state index is 14.2. The molecule has 0 aliphatic heterocycles. The third-order valence-electron chi connectivity index (χ3n) is 6.78. The Labute approximate surface area is 244 Å². The summed E-state index contributed by atoms with van der Waals surface area (Å²) in [6, 6.07) is 19.8. The molecule has 0 aliphatic rings. The van der Waals surface area contributed by atoms with Crippen LogP contribution in [0.5, 0.6) is 5.75 Å². The summed E-state index contributed by atoms with van der Waals surface area (Å²) in [5, 5.41) is 2.98. The van der Waals surface area contributed by atoms with Crippen LogP contribution in [0.1, 0.15) is 50.8 Å². The van der Waals surface area contributed by atoms with E-state index < -0.39 is 34.1 Å². The molecular formula is C32H41N3O5S. The Bertz CT molecular complexity index is 1450. The van der Waals surface area contributed by atoms with Crippen LogP contribution in [0.15, 0.2) is 77.7 Å². The number of amides is 2. The fourth-order valence-corrected chi connectivity index (χ4v) is 5.86. The van der Waals surface area contributed by atoms with Crippen LogP contribution in [0.3, 0.4) is 0 Å². The second-order valence-corrected chi connectivity index (χ2v) is 13.0. The third-order valence-corrected chi connectivity index (χ3v) is 8.57. The monoisotopic (exact) mass is 579 g/mol. The van der Waals surface area contributed by atoms with E-state index in [4.69, 9.17) is 4.74 Å². The highest BCUT2D eigenvalue weighted by Crippen LogP contribution is 2.27. The molecule has 220 valence electrons. The number of hydrogen-bond donors (Lipinski definition) is 1. The van der Waals surface area contributed by atoms with Gasteiger partial charge in [0.15, 0.2) is 0 Å². The largest absolute Gasteiger partial charge is 0.497 e. The molecule has 0 bridgehead atoms. The second-order valence-electron chi connectivity index (χ2n) is 11.1. The van der Waals surface area contributed by atoms with Crippen LogP contribution < -0.4 is 14.4 Å². The fraction of sp³-hybridized carbons (Fsp3) is 0.375. The van der Waals surface area contributed by atoms with E-state index in [1.165, 1.54) is 17.0 Å². The molecular weight excluding hydrogens is 538 g/mol. The lowest BCUT2D eigenvalue weighted by Gasteiger charge is -2.35. The number of benzene rings is 3. The number of anilines is 1. The molecule has 2 amide bonds. The molecule has 8 nitrogen and oxygen atoms in total. The van der Waals surface area contributed by atoms with Gasteiger partial charge in [0.05, 0.1) is 17.7 Å². The predicted octanol–water partition coefficient (Wildman–Crippen LogP) is 5.23. The highest BCUT2D eigenvalue weighted by molar-refractivity contribution is 7.92. The van der Waals surface area contributed by atoms with Gasteiger partial charge in [0.25, 0.3) is 10.0 Å². The van der Waals surface area contributed by atoms with Gasteiger partial charge in [-0.15, -0.1) is 0 Å². The van der Waals surface area contributed by atoms with E-state index in [0.29, 0.717) is 17.9 Å². The van der Waals surface area contributed by atoms with Gasteiger partial charge in [-0.3, -0.25) is 13.9 Å². The topological polar surface area (TPSA) is 96.0 Å². The standard InChI is InChI=1S/C32H41N3O5S/c1-8-29(31(37)33-32(4,5)6)34(21-25-15-18-27(40-7)19-16-25)30(36)22-35(26-17-14-23(2)24(3)20-26)41(38,39)28-12-10-9-11-13-28/h9-20,29H,8,21-22H2,1-7H3,(H,33,37)/t29-/m1/s1. The summed E-state index contributed by atoms with van der Waals surface area (Å²) in [6.45, 7) is 10.9. The van der Waals surface area contributed by atoms with Crippen molar-refractivity contribution in [3.8, 4) is 5.75 Å². The van der Waals surface area contributed by atoms with Gasteiger partial charge in [-0.2, -0.15) is 0 Å². The Balaban J connectivity index is 2.08. The molecule has 41 heavy (non-hydrogen) atoms. The van der Waals surface area contributed by atoms with E-state index in [-0.39, 0.29) is 17.3 Å². The molecule has 0 aliphatic carbocycles. The van der Waals surface area contributed by atoms with Crippen molar-refractivity contribution in [3.63, 3.8) is 0 Å². The molecule has 3 aromatic carbocycles.